The molecule has 0 radical (unpaired) electrons. The maximum atomic E-state index is 12.7. The van der Waals surface area contributed by atoms with Crippen LogP contribution in [-0.2, 0) is 0 Å². The van der Waals surface area contributed by atoms with Crippen molar-refractivity contribution in [1.29, 1.82) is 0 Å². The van der Waals surface area contributed by atoms with E-state index in [1.54, 1.807) is 9.58 Å². The van der Waals surface area contributed by atoms with Crippen molar-refractivity contribution >= 4 is 5.91 Å². The van der Waals surface area contributed by atoms with E-state index < -0.39 is 0 Å². The summed E-state index contributed by atoms with van der Waals surface area (Å²) >= 11 is 0. The van der Waals surface area contributed by atoms with E-state index in [1.165, 1.54) is 5.56 Å². The zero-order valence-corrected chi connectivity index (χ0v) is 14.4. The predicted molar refractivity (Wildman–Crippen MR) is 91.3 cm³/mol. The number of carbonyl (C=O) groups is 1. The van der Waals surface area contributed by atoms with E-state index in [4.69, 9.17) is 0 Å². The molecule has 0 spiro atoms. The molecule has 1 aliphatic carbocycles. The Labute approximate surface area is 142 Å². The number of para-hydroxylation sites is 1. The molecule has 6 heteroatoms. The second kappa shape index (κ2) is 6.73. The van der Waals surface area contributed by atoms with Gasteiger partial charge in [0, 0.05) is 12.6 Å². The van der Waals surface area contributed by atoms with Crippen LogP contribution in [0.4, 0.5) is 0 Å². The van der Waals surface area contributed by atoms with Gasteiger partial charge in [-0.1, -0.05) is 32.0 Å². The van der Waals surface area contributed by atoms with Gasteiger partial charge in [0.25, 0.3) is 5.91 Å². The number of rotatable bonds is 6. The van der Waals surface area contributed by atoms with Crippen LogP contribution in [0.25, 0.3) is 5.69 Å². The van der Waals surface area contributed by atoms with Crippen molar-refractivity contribution < 1.29 is 9.90 Å². The first-order valence-electron chi connectivity index (χ1n) is 8.47. The molecular formula is C18H24N4O2. The van der Waals surface area contributed by atoms with E-state index >= 15 is 0 Å². The van der Waals surface area contributed by atoms with Crippen LogP contribution in [0.15, 0.2) is 24.3 Å². The maximum absolute atomic E-state index is 12.7. The molecule has 1 fully saturated rings. The number of aryl methyl sites for hydroxylation is 1. The summed E-state index contributed by atoms with van der Waals surface area (Å²) in [5.74, 6) is 1.04. The van der Waals surface area contributed by atoms with Crippen LogP contribution in [-0.4, -0.2) is 49.9 Å². The molecule has 1 aromatic carbocycles. The van der Waals surface area contributed by atoms with E-state index in [-0.39, 0.29) is 24.4 Å². The number of hydrogen-bond acceptors (Lipinski definition) is 4. The average Bonchev–Trinajstić information content (AvgIpc) is 3.33. The number of aliphatic hydroxyl groups excluding tert-OH is 1. The molecule has 0 aliphatic heterocycles. The summed E-state index contributed by atoms with van der Waals surface area (Å²) in [7, 11) is 0. The number of aromatic nitrogens is 3. The quantitative estimate of drug-likeness (QED) is 0.883. The Morgan fingerprint density at radius 3 is 2.71 bits per heavy atom. The highest BCUT2D eigenvalue weighted by Gasteiger charge is 2.34. The first-order valence-corrected chi connectivity index (χ1v) is 8.47. The van der Waals surface area contributed by atoms with Crippen LogP contribution in [0.1, 0.15) is 54.6 Å². The molecule has 6 nitrogen and oxygen atoms in total. The summed E-state index contributed by atoms with van der Waals surface area (Å²) in [5, 5.41) is 13.7. The van der Waals surface area contributed by atoms with Gasteiger partial charge in [-0.3, -0.25) is 4.79 Å². The smallest absolute Gasteiger partial charge is 0.293 e. The molecule has 1 amide bonds. The molecule has 1 aromatic heterocycles. The first-order chi connectivity index (χ1) is 11.5. The Kier molecular flexibility index (Phi) is 4.66. The lowest BCUT2D eigenvalue weighted by molar-refractivity contribution is 0.0695. The van der Waals surface area contributed by atoms with Crippen LogP contribution < -0.4 is 0 Å². The summed E-state index contributed by atoms with van der Waals surface area (Å²) in [4.78, 5) is 18.8. The van der Waals surface area contributed by atoms with Gasteiger partial charge < -0.3 is 10.0 Å². The standard InChI is InChI=1S/C18H24N4O2/c1-12(2)15-6-4-5-7-16(15)22-13(3)19-17(20-22)18(24)21(10-11-23)14-8-9-14/h4-7,12,14,23H,8-11H2,1-3H3. The highest BCUT2D eigenvalue weighted by molar-refractivity contribution is 5.91. The molecule has 24 heavy (non-hydrogen) atoms. The number of amides is 1. The Bertz CT molecular complexity index is 734. The molecule has 1 N–H and O–H groups in total. The SMILES string of the molecule is Cc1nc(C(=O)N(CCO)C2CC2)nn1-c1ccccc1C(C)C. The number of benzene rings is 1. The lowest BCUT2D eigenvalue weighted by Crippen LogP contribution is -2.36. The van der Waals surface area contributed by atoms with Crippen molar-refractivity contribution in [1.82, 2.24) is 19.7 Å². The molecule has 0 bridgehead atoms. The van der Waals surface area contributed by atoms with Crippen LogP contribution >= 0.6 is 0 Å². The fourth-order valence-corrected chi connectivity index (χ4v) is 2.95. The average molecular weight is 328 g/mol. The van der Waals surface area contributed by atoms with Crippen LogP contribution in [0.3, 0.4) is 0 Å². The van der Waals surface area contributed by atoms with Crippen molar-refractivity contribution in [2.24, 2.45) is 0 Å². The second-order valence-electron chi connectivity index (χ2n) is 6.56. The largest absolute Gasteiger partial charge is 0.395 e. The first kappa shape index (κ1) is 16.6. The van der Waals surface area contributed by atoms with Crippen molar-refractivity contribution in [3.63, 3.8) is 0 Å². The third-order valence-corrected chi connectivity index (χ3v) is 4.34. The van der Waals surface area contributed by atoms with Gasteiger partial charge in [-0.2, -0.15) is 0 Å². The van der Waals surface area contributed by atoms with Crippen molar-refractivity contribution in [3.05, 3.63) is 41.5 Å². The maximum Gasteiger partial charge on any atom is 0.293 e. The molecule has 0 atom stereocenters. The van der Waals surface area contributed by atoms with Gasteiger partial charge in [-0.25, -0.2) is 9.67 Å². The van der Waals surface area contributed by atoms with E-state index in [1.807, 2.05) is 25.1 Å². The zero-order valence-electron chi connectivity index (χ0n) is 14.4. The Hall–Kier alpha value is -2.21. The summed E-state index contributed by atoms with van der Waals surface area (Å²) in [6, 6.07) is 8.27. The van der Waals surface area contributed by atoms with Gasteiger partial charge in [0.15, 0.2) is 0 Å². The molecular weight excluding hydrogens is 304 g/mol. The minimum Gasteiger partial charge on any atom is -0.395 e. The Morgan fingerprint density at radius 1 is 1.38 bits per heavy atom. The zero-order chi connectivity index (χ0) is 17.3. The summed E-state index contributed by atoms with van der Waals surface area (Å²) in [5.41, 5.74) is 2.12. The molecule has 2 aromatic rings. The van der Waals surface area contributed by atoms with Crippen molar-refractivity contribution in [3.8, 4) is 5.69 Å². The third kappa shape index (κ3) is 3.19. The van der Waals surface area contributed by atoms with Gasteiger partial charge in [0.05, 0.1) is 12.3 Å². The summed E-state index contributed by atoms with van der Waals surface area (Å²) in [6.07, 6.45) is 1.98. The van der Waals surface area contributed by atoms with Gasteiger partial charge in [-0.05, 0) is 37.3 Å². The number of hydrogen-bond donors (Lipinski definition) is 1. The molecule has 1 heterocycles. The Morgan fingerprint density at radius 2 is 2.08 bits per heavy atom. The monoisotopic (exact) mass is 328 g/mol. The summed E-state index contributed by atoms with van der Waals surface area (Å²) < 4.78 is 1.74. The molecule has 128 valence electrons. The summed E-state index contributed by atoms with van der Waals surface area (Å²) in [6.45, 7) is 6.41. The molecule has 1 saturated carbocycles. The minimum atomic E-state index is -0.199. The highest BCUT2D eigenvalue weighted by atomic mass is 16.3. The lowest BCUT2D eigenvalue weighted by Gasteiger charge is -2.19. The van der Waals surface area contributed by atoms with E-state index in [0.717, 1.165) is 18.5 Å². The minimum absolute atomic E-state index is 0.0435. The lowest BCUT2D eigenvalue weighted by atomic mass is 10.0. The van der Waals surface area contributed by atoms with E-state index in [2.05, 4.69) is 30.0 Å². The van der Waals surface area contributed by atoms with Gasteiger partial charge in [-0.15, -0.1) is 5.10 Å². The predicted octanol–water partition coefficient (Wildman–Crippen LogP) is 2.30. The number of nitrogens with zero attached hydrogens (tertiary/aromatic N) is 4. The number of aliphatic hydroxyl groups is 1. The molecule has 3 rings (SSSR count). The molecule has 0 unspecified atom stereocenters. The van der Waals surface area contributed by atoms with Crippen LogP contribution in [0.5, 0.6) is 0 Å². The second-order valence-corrected chi connectivity index (χ2v) is 6.56. The van der Waals surface area contributed by atoms with Crippen molar-refractivity contribution in [2.45, 2.75) is 45.6 Å². The normalized spacial score (nSPS) is 14.2. The highest BCUT2D eigenvalue weighted by Crippen LogP contribution is 2.28. The van der Waals surface area contributed by atoms with Crippen LogP contribution in [0.2, 0.25) is 0 Å². The van der Waals surface area contributed by atoms with Crippen molar-refractivity contribution in [2.75, 3.05) is 13.2 Å². The topological polar surface area (TPSA) is 71.2 Å². The molecule has 0 saturated heterocycles. The molecule has 1 aliphatic rings. The van der Waals surface area contributed by atoms with Gasteiger partial charge in [0.2, 0.25) is 5.82 Å². The van der Waals surface area contributed by atoms with Gasteiger partial charge in [0.1, 0.15) is 5.82 Å². The Balaban J connectivity index is 1.95. The van der Waals surface area contributed by atoms with Gasteiger partial charge >= 0.3 is 0 Å². The fraction of sp³-hybridized carbons (Fsp3) is 0.500. The third-order valence-electron chi connectivity index (χ3n) is 4.34. The number of carbonyl (C=O) groups excluding carboxylic acids is 1. The van der Waals surface area contributed by atoms with E-state index in [9.17, 15) is 9.90 Å². The fourth-order valence-electron chi connectivity index (χ4n) is 2.95. The van der Waals surface area contributed by atoms with E-state index in [0.29, 0.717) is 18.3 Å². The van der Waals surface area contributed by atoms with Crippen LogP contribution in [0, 0.1) is 6.92 Å².